The Labute approximate surface area is 187 Å². The van der Waals surface area contributed by atoms with Crippen molar-refractivity contribution in [2.75, 3.05) is 13.6 Å². The number of aryl methyl sites for hydroxylation is 2. The van der Waals surface area contributed by atoms with E-state index in [9.17, 15) is 0 Å². The van der Waals surface area contributed by atoms with Crippen LogP contribution in [0, 0.1) is 11.8 Å². The Kier molecular flexibility index (Phi) is 10.0. The molecule has 2 aliphatic rings. The number of halogens is 1. The van der Waals surface area contributed by atoms with E-state index in [2.05, 4.69) is 44.2 Å². The molecule has 1 aromatic heterocycles. The molecular weight excluding hydrogens is 463 g/mol. The molecule has 0 bridgehead atoms. The molecule has 0 radical (unpaired) electrons. The molecule has 2 N–H and O–H groups in total. The Morgan fingerprint density at radius 3 is 2.64 bits per heavy atom. The van der Waals surface area contributed by atoms with Crippen molar-refractivity contribution in [1.82, 2.24) is 25.4 Å². The van der Waals surface area contributed by atoms with E-state index in [4.69, 9.17) is 0 Å². The zero-order valence-corrected chi connectivity index (χ0v) is 20.2. The molecule has 6 nitrogen and oxygen atoms in total. The number of hydrogen-bond donors (Lipinski definition) is 2. The van der Waals surface area contributed by atoms with E-state index in [-0.39, 0.29) is 24.0 Å². The fourth-order valence-corrected chi connectivity index (χ4v) is 4.50. The zero-order chi connectivity index (χ0) is 19.1. The van der Waals surface area contributed by atoms with Gasteiger partial charge in [-0.3, -0.25) is 4.99 Å². The van der Waals surface area contributed by atoms with Crippen molar-refractivity contribution >= 4 is 29.9 Å². The van der Waals surface area contributed by atoms with Crippen LogP contribution in [0.1, 0.15) is 76.9 Å². The van der Waals surface area contributed by atoms with Crippen LogP contribution in [0.3, 0.4) is 0 Å². The van der Waals surface area contributed by atoms with Crippen LogP contribution in [-0.2, 0) is 19.4 Å². The topological polar surface area (TPSA) is 67.1 Å². The fraction of sp³-hybridized carbons (Fsp3) is 0.857. The zero-order valence-electron chi connectivity index (χ0n) is 17.9. The van der Waals surface area contributed by atoms with Crippen LogP contribution in [0.15, 0.2) is 4.99 Å². The van der Waals surface area contributed by atoms with Crippen LogP contribution < -0.4 is 10.6 Å². The van der Waals surface area contributed by atoms with Gasteiger partial charge in [0.05, 0.1) is 0 Å². The summed E-state index contributed by atoms with van der Waals surface area (Å²) in [5.41, 5.74) is 0. The fourth-order valence-electron chi connectivity index (χ4n) is 4.50. The van der Waals surface area contributed by atoms with E-state index in [1.807, 2.05) is 7.05 Å². The molecule has 1 aliphatic carbocycles. The van der Waals surface area contributed by atoms with Crippen LogP contribution in [-0.4, -0.2) is 40.4 Å². The summed E-state index contributed by atoms with van der Waals surface area (Å²) in [5.74, 6) is 5.00. The Morgan fingerprint density at radius 2 is 1.93 bits per heavy atom. The average molecular weight is 502 g/mol. The maximum atomic E-state index is 4.43. The van der Waals surface area contributed by atoms with Crippen molar-refractivity contribution in [2.24, 2.45) is 16.8 Å². The van der Waals surface area contributed by atoms with E-state index in [1.165, 1.54) is 50.8 Å². The van der Waals surface area contributed by atoms with Gasteiger partial charge in [0.15, 0.2) is 5.96 Å². The Balaban J connectivity index is 0.00000280. The first kappa shape index (κ1) is 23.4. The summed E-state index contributed by atoms with van der Waals surface area (Å²) in [5, 5.41) is 15.9. The molecule has 0 atom stereocenters. The van der Waals surface area contributed by atoms with Gasteiger partial charge in [-0.15, -0.1) is 34.2 Å². The SMILES string of the molecule is CN=C(NCCCc1nnc2n1CCCCC2)NC1CCC(C(C)C)CC1.I. The van der Waals surface area contributed by atoms with Crippen LogP contribution in [0.4, 0.5) is 0 Å². The van der Waals surface area contributed by atoms with E-state index in [1.54, 1.807) is 0 Å². The van der Waals surface area contributed by atoms with Gasteiger partial charge in [0.25, 0.3) is 0 Å². The van der Waals surface area contributed by atoms with Crippen LogP contribution >= 0.6 is 24.0 Å². The first-order valence-corrected chi connectivity index (χ1v) is 11.1. The molecule has 2 heterocycles. The third-order valence-corrected chi connectivity index (χ3v) is 6.33. The smallest absolute Gasteiger partial charge is 0.191 e. The third kappa shape index (κ3) is 6.59. The minimum absolute atomic E-state index is 0. The highest BCUT2D eigenvalue weighted by molar-refractivity contribution is 14.0. The van der Waals surface area contributed by atoms with Gasteiger partial charge in [-0.2, -0.15) is 0 Å². The number of rotatable bonds is 6. The molecular formula is C21H39IN6. The van der Waals surface area contributed by atoms with Crippen molar-refractivity contribution in [3.63, 3.8) is 0 Å². The molecule has 0 spiro atoms. The predicted octanol–water partition coefficient (Wildman–Crippen LogP) is 3.93. The molecule has 0 unspecified atom stereocenters. The molecule has 0 amide bonds. The molecule has 1 aromatic rings. The highest BCUT2D eigenvalue weighted by Gasteiger charge is 2.23. The lowest BCUT2D eigenvalue weighted by molar-refractivity contribution is 0.250. The number of aliphatic imine (C=N–C) groups is 1. The van der Waals surface area contributed by atoms with Gasteiger partial charge in [-0.05, 0) is 56.8 Å². The second-order valence-corrected chi connectivity index (χ2v) is 8.60. The molecule has 28 heavy (non-hydrogen) atoms. The van der Waals surface area contributed by atoms with Crippen molar-refractivity contribution < 1.29 is 0 Å². The van der Waals surface area contributed by atoms with Gasteiger partial charge in [0.2, 0.25) is 0 Å². The number of aromatic nitrogens is 3. The maximum absolute atomic E-state index is 4.43. The summed E-state index contributed by atoms with van der Waals surface area (Å²) in [7, 11) is 1.87. The van der Waals surface area contributed by atoms with E-state index >= 15 is 0 Å². The summed E-state index contributed by atoms with van der Waals surface area (Å²) in [6, 6.07) is 0.568. The minimum atomic E-state index is 0. The first-order valence-electron chi connectivity index (χ1n) is 11.1. The highest BCUT2D eigenvalue weighted by atomic mass is 127. The van der Waals surface area contributed by atoms with Crippen LogP contribution in [0.5, 0.6) is 0 Å². The Morgan fingerprint density at radius 1 is 1.14 bits per heavy atom. The van der Waals surface area contributed by atoms with Gasteiger partial charge in [-0.25, -0.2) is 0 Å². The summed E-state index contributed by atoms with van der Waals surface area (Å²) in [6.45, 7) is 6.72. The Bertz CT molecular complexity index is 604. The molecule has 1 saturated carbocycles. The first-order chi connectivity index (χ1) is 13.2. The monoisotopic (exact) mass is 502 g/mol. The van der Waals surface area contributed by atoms with Crippen molar-refractivity contribution in [2.45, 2.75) is 90.6 Å². The predicted molar refractivity (Wildman–Crippen MR) is 126 cm³/mol. The lowest BCUT2D eigenvalue weighted by Gasteiger charge is -2.32. The lowest BCUT2D eigenvalue weighted by atomic mass is 9.80. The highest BCUT2D eigenvalue weighted by Crippen LogP contribution is 2.29. The molecule has 160 valence electrons. The van der Waals surface area contributed by atoms with E-state index in [0.29, 0.717) is 6.04 Å². The van der Waals surface area contributed by atoms with Crippen LogP contribution in [0.2, 0.25) is 0 Å². The number of hydrogen-bond acceptors (Lipinski definition) is 3. The summed E-state index contributed by atoms with van der Waals surface area (Å²) < 4.78 is 2.35. The van der Waals surface area contributed by atoms with Crippen molar-refractivity contribution in [3.8, 4) is 0 Å². The quantitative estimate of drug-likeness (QED) is 0.268. The third-order valence-electron chi connectivity index (χ3n) is 6.33. The van der Waals surface area contributed by atoms with Gasteiger partial charge >= 0.3 is 0 Å². The van der Waals surface area contributed by atoms with Crippen LogP contribution in [0.25, 0.3) is 0 Å². The van der Waals surface area contributed by atoms with E-state index < -0.39 is 0 Å². The number of nitrogens with one attached hydrogen (secondary N) is 2. The lowest BCUT2D eigenvalue weighted by Crippen LogP contribution is -2.45. The standard InChI is InChI=1S/C21H38N6.HI/c1-16(2)17-10-12-18(13-11-17)24-21(22-3)23-14-7-9-20-26-25-19-8-5-4-6-15-27(19)20;/h16-18H,4-15H2,1-3H3,(H2,22,23,24);1H. The Hall–Kier alpha value is -0.860. The second kappa shape index (κ2) is 12.0. The van der Waals surface area contributed by atoms with Gasteiger partial charge in [0, 0.05) is 39.0 Å². The summed E-state index contributed by atoms with van der Waals surface area (Å²) >= 11 is 0. The minimum Gasteiger partial charge on any atom is -0.356 e. The van der Waals surface area contributed by atoms with Gasteiger partial charge in [-0.1, -0.05) is 20.3 Å². The largest absolute Gasteiger partial charge is 0.356 e. The average Bonchev–Trinajstić information content (AvgIpc) is 2.90. The normalized spacial score (nSPS) is 22.9. The molecule has 1 aliphatic heterocycles. The number of fused-ring (bicyclic) bond motifs is 1. The molecule has 3 rings (SSSR count). The summed E-state index contributed by atoms with van der Waals surface area (Å²) in [4.78, 5) is 4.41. The van der Waals surface area contributed by atoms with Crippen molar-refractivity contribution in [1.29, 1.82) is 0 Å². The molecule has 1 fully saturated rings. The number of guanidine groups is 1. The number of nitrogens with zero attached hydrogens (tertiary/aromatic N) is 4. The van der Waals surface area contributed by atoms with Gasteiger partial charge in [0.1, 0.15) is 11.6 Å². The molecule has 0 aromatic carbocycles. The summed E-state index contributed by atoms with van der Waals surface area (Å²) in [6.07, 6.45) is 12.1. The van der Waals surface area contributed by atoms with Crippen molar-refractivity contribution in [3.05, 3.63) is 11.6 Å². The van der Waals surface area contributed by atoms with E-state index in [0.717, 1.165) is 56.0 Å². The maximum Gasteiger partial charge on any atom is 0.191 e. The van der Waals surface area contributed by atoms with Gasteiger partial charge < -0.3 is 15.2 Å². The molecule has 7 heteroatoms. The molecule has 0 saturated heterocycles. The second-order valence-electron chi connectivity index (χ2n) is 8.60.